The number of nitrogens with two attached hydrogens (primary N) is 1. The zero-order valence-corrected chi connectivity index (χ0v) is 9.75. The van der Waals surface area contributed by atoms with Gasteiger partial charge in [0.1, 0.15) is 0 Å². The number of thiol groups is 1. The largest absolute Gasteiger partial charge is 0.466 e. The van der Waals surface area contributed by atoms with Crippen LogP contribution in [0.5, 0.6) is 0 Å². The summed E-state index contributed by atoms with van der Waals surface area (Å²) in [5, 5.41) is 3.26. The normalized spacial score (nSPS) is 10.6. The Balaban J connectivity index is 0. The Morgan fingerprint density at radius 2 is 1.64 bits per heavy atom. The zero-order chi connectivity index (χ0) is 11.4. The van der Waals surface area contributed by atoms with Gasteiger partial charge < -0.3 is 25.7 Å². The van der Waals surface area contributed by atoms with Crippen LogP contribution < -0.4 is 11.1 Å². The minimum atomic E-state index is -4.64. The van der Waals surface area contributed by atoms with Gasteiger partial charge in [0, 0.05) is 0 Å². The Bertz CT molecular complexity index is 141. The van der Waals surface area contributed by atoms with Crippen molar-refractivity contribution in [1.29, 1.82) is 0 Å². The topological polar surface area (TPSA) is 116 Å². The van der Waals surface area contributed by atoms with E-state index in [-0.39, 0.29) is 0 Å². The quantitative estimate of drug-likeness (QED) is 0.210. The molecule has 6 nitrogen and oxygen atoms in total. The molecule has 0 amide bonds. The fourth-order valence-corrected chi connectivity index (χ4v) is 0.714. The number of rotatable bonds is 6. The fourth-order valence-electron chi connectivity index (χ4n) is 0.556. The Morgan fingerprint density at radius 3 is 2.00 bits per heavy atom. The van der Waals surface area contributed by atoms with Crippen molar-refractivity contribution in [3.05, 3.63) is 0 Å². The van der Waals surface area contributed by atoms with E-state index in [0.717, 1.165) is 38.2 Å². The molecule has 0 fully saturated rings. The van der Waals surface area contributed by atoms with Crippen molar-refractivity contribution < 1.29 is 19.2 Å². The summed E-state index contributed by atoms with van der Waals surface area (Å²) in [5.74, 6) is 0.968. The van der Waals surface area contributed by atoms with Crippen molar-refractivity contribution in [3.63, 3.8) is 0 Å². The highest BCUT2D eigenvalue weighted by atomic mass is 32.1. The molecule has 0 heterocycles. The number of hydrogen-bond donors (Lipinski definition) is 6. The summed E-state index contributed by atoms with van der Waals surface area (Å²) in [6.07, 6.45) is 2.22. The molecular formula is C6H19N2O4PS. The highest BCUT2D eigenvalue weighted by Crippen LogP contribution is 2.25. The third-order valence-electron chi connectivity index (χ3n) is 1.07. The zero-order valence-electron chi connectivity index (χ0n) is 7.96. The van der Waals surface area contributed by atoms with Crippen LogP contribution in [0.25, 0.3) is 0 Å². The van der Waals surface area contributed by atoms with Crippen molar-refractivity contribution in [1.82, 2.24) is 5.32 Å². The first-order chi connectivity index (χ1) is 6.41. The molecule has 0 saturated carbocycles. The van der Waals surface area contributed by atoms with Crippen LogP contribution in [-0.4, -0.2) is 40.1 Å². The third kappa shape index (κ3) is 39.4. The monoisotopic (exact) mass is 246 g/mol. The Kier molecular flexibility index (Phi) is 13.7. The molecule has 0 rings (SSSR count). The summed E-state index contributed by atoms with van der Waals surface area (Å²) in [6.45, 7) is 2.90. The maximum absolute atomic E-state index is 8.88. The lowest BCUT2D eigenvalue weighted by molar-refractivity contribution is 0.275. The molecule has 88 valence electrons. The van der Waals surface area contributed by atoms with Gasteiger partial charge in [-0.2, -0.15) is 12.6 Å². The van der Waals surface area contributed by atoms with Gasteiger partial charge in [0.15, 0.2) is 0 Å². The van der Waals surface area contributed by atoms with Crippen LogP contribution in [0.4, 0.5) is 0 Å². The molecule has 0 atom stereocenters. The number of nitrogens with one attached hydrogen (secondary N) is 1. The average molecular weight is 246 g/mol. The average Bonchev–Trinajstić information content (AvgIpc) is 2.01. The van der Waals surface area contributed by atoms with E-state index in [4.69, 9.17) is 25.0 Å². The third-order valence-corrected chi connectivity index (χ3v) is 1.39. The molecule has 0 aliphatic heterocycles. The van der Waals surface area contributed by atoms with E-state index >= 15 is 0 Å². The summed E-state index contributed by atoms with van der Waals surface area (Å²) in [4.78, 5) is 21.6. The van der Waals surface area contributed by atoms with Gasteiger partial charge in [-0.25, -0.2) is 4.57 Å². The van der Waals surface area contributed by atoms with Crippen LogP contribution >= 0.6 is 20.5 Å². The Labute approximate surface area is 89.5 Å². The lowest BCUT2D eigenvalue weighted by Crippen LogP contribution is -2.19. The second kappa shape index (κ2) is 11.5. The van der Waals surface area contributed by atoms with E-state index in [1.807, 2.05) is 0 Å². The van der Waals surface area contributed by atoms with Gasteiger partial charge in [-0.05, 0) is 38.2 Å². The second-order valence-corrected chi connectivity index (χ2v) is 3.96. The molecule has 0 aromatic rings. The molecule has 0 unspecified atom stereocenters. The molecule has 0 radical (unpaired) electrons. The first-order valence-corrected chi connectivity index (χ1v) is 6.41. The maximum atomic E-state index is 8.88. The van der Waals surface area contributed by atoms with E-state index in [2.05, 4.69) is 17.9 Å². The summed E-state index contributed by atoms with van der Waals surface area (Å²) in [5.41, 5.74) is 5.29. The Morgan fingerprint density at radius 1 is 1.21 bits per heavy atom. The molecular weight excluding hydrogens is 227 g/mol. The van der Waals surface area contributed by atoms with Crippen LogP contribution in [0, 0.1) is 0 Å². The van der Waals surface area contributed by atoms with Gasteiger partial charge in [-0.1, -0.05) is 0 Å². The SMILES string of the molecule is NCCCNCCCS.O=P(O)(O)O. The van der Waals surface area contributed by atoms with E-state index in [0.29, 0.717) is 0 Å². The van der Waals surface area contributed by atoms with Gasteiger partial charge in [-0.15, -0.1) is 0 Å². The Hall–Kier alpha value is 0.380. The van der Waals surface area contributed by atoms with E-state index in [9.17, 15) is 0 Å². The molecule has 14 heavy (non-hydrogen) atoms. The molecule has 0 bridgehead atoms. The van der Waals surface area contributed by atoms with E-state index in [1.54, 1.807) is 0 Å². The number of hydrogen-bond acceptors (Lipinski definition) is 4. The molecule has 0 aliphatic rings. The highest BCUT2D eigenvalue weighted by molar-refractivity contribution is 7.80. The maximum Gasteiger partial charge on any atom is 0.466 e. The minimum absolute atomic E-state index is 0.786. The van der Waals surface area contributed by atoms with Crippen LogP contribution in [-0.2, 0) is 4.57 Å². The first kappa shape index (κ1) is 16.8. The lowest BCUT2D eigenvalue weighted by Gasteiger charge is -1.99. The van der Waals surface area contributed by atoms with Crippen LogP contribution in [0.2, 0.25) is 0 Å². The van der Waals surface area contributed by atoms with Crippen molar-refractivity contribution >= 4 is 20.5 Å². The summed E-state index contributed by atoms with van der Waals surface area (Å²) >= 11 is 4.08. The fraction of sp³-hybridized carbons (Fsp3) is 1.00. The van der Waals surface area contributed by atoms with Crippen molar-refractivity contribution in [3.8, 4) is 0 Å². The standard InChI is InChI=1S/C6H16N2S.H3O4P/c7-3-1-4-8-5-2-6-9;1-5(2,3)4/h8-9H,1-7H2;(H3,1,2,3,4). The van der Waals surface area contributed by atoms with Crippen LogP contribution in [0.3, 0.4) is 0 Å². The number of phosphoric acid groups is 1. The van der Waals surface area contributed by atoms with E-state index in [1.165, 1.54) is 0 Å². The second-order valence-electron chi connectivity index (χ2n) is 2.48. The van der Waals surface area contributed by atoms with Gasteiger partial charge >= 0.3 is 7.82 Å². The predicted octanol–water partition coefficient (Wildman–Crippen LogP) is -0.684. The molecule has 0 aromatic carbocycles. The predicted molar refractivity (Wildman–Crippen MR) is 59.3 cm³/mol. The molecule has 0 aromatic heterocycles. The van der Waals surface area contributed by atoms with Gasteiger partial charge in [0.25, 0.3) is 0 Å². The molecule has 0 spiro atoms. The molecule has 8 heteroatoms. The summed E-state index contributed by atoms with van der Waals surface area (Å²) < 4.78 is 8.88. The lowest BCUT2D eigenvalue weighted by atomic mass is 10.4. The molecule has 0 saturated heterocycles. The van der Waals surface area contributed by atoms with Crippen LogP contribution in [0.1, 0.15) is 12.8 Å². The van der Waals surface area contributed by atoms with Gasteiger partial charge in [0.2, 0.25) is 0 Å². The van der Waals surface area contributed by atoms with Crippen molar-refractivity contribution in [2.75, 3.05) is 25.4 Å². The molecule has 6 N–H and O–H groups in total. The smallest absolute Gasteiger partial charge is 0.330 e. The molecule has 0 aliphatic carbocycles. The summed E-state index contributed by atoms with van der Waals surface area (Å²) in [6, 6.07) is 0. The van der Waals surface area contributed by atoms with Crippen molar-refractivity contribution in [2.24, 2.45) is 5.73 Å². The minimum Gasteiger partial charge on any atom is -0.330 e. The van der Waals surface area contributed by atoms with Gasteiger partial charge in [0.05, 0.1) is 0 Å². The first-order valence-electron chi connectivity index (χ1n) is 4.21. The van der Waals surface area contributed by atoms with Crippen molar-refractivity contribution in [2.45, 2.75) is 12.8 Å². The van der Waals surface area contributed by atoms with E-state index < -0.39 is 7.82 Å². The van der Waals surface area contributed by atoms with Gasteiger partial charge in [-0.3, -0.25) is 0 Å². The highest BCUT2D eigenvalue weighted by Gasteiger charge is 2.00. The summed E-state index contributed by atoms with van der Waals surface area (Å²) in [7, 11) is -4.64. The van der Waals surface area contributed by atoms with Crippen LogP contribution in [0.15, 0.2) is 0 Å².